The van der Waals surface area contributed by atoms with E-state index in [4.69, 9.17) is 4.74 Å². The van der Waals surface area contributed by atoms with Crippen LogP contribution in [-0.2, 0) is 4.79 Å². The summed E-state index contributed by atoms with van der Waals surface area (Å²) in [6.45, 7) is 2.26. The lowest BCUT2D eigenvalue weighted by molar-refractivity contribution is -0.385. The molecule has 0 spiro atoms. The zero-order valence-corrected chi connectivity index (χ0v) is 14.4. The number of nitro groups is 1. The molecule has 1 fully saturated rings. The predicted molar refractivity (Wildman–Crippen MR) is 95.9 cm³/mol. The quantitative estimate of drug-likeness (QED) is 0.363. The van der Waals surface area contributed by atoms with Gasteiger partial charge in [-0.3, -0.25) is 19.8 Å². The fourth-order valence-electron chi connectivity index (χ4n) is 2.46. The SMILES string of the molecule is CCCN1C(=O)N/C(=C/c2ccc(Oc3ccc([N+](=O)[O-])cn3)cc2)C1=O. The second-order valence-electron chi connectivity index (χ2n) is 5.73. The van der Waals surface area contributed by atoms with Gasteiger partial charge in [0.05, 0.1) is 4.92 Å². The van der Waals surface area contributed by atoms with Gasteiger partial charge in [-0.2, -0.15) is 0 Å². The van der Waals surface area contributed by atoms with Crippen molar-refractivity contribution in [1.82, 2.24) is 15.2 Å². The molecule has 9 nitrogen and oxygen atoms in total. The van der Waals surface area contributed by atoms with Crippen LogP contribution in [0.4, 0.5) is 10.5 Å². The molecule has 3 rings (SSSR count). The molecule has 2 heterocycles. The van der Waals surface area contributed by atoms with Crippen molar-refractivity contribution in [3.8, 4) is 11.6 Å². The van der Waals surface area contributed by atoms with Crippen LogP contribution in [0.5, 0.6) is 11.6 Å². The van der Waals surface area contributed by atoms with Crippen LogP contribution in [0.15, 0.2) is 48.3 Å². The van der Waals surface area contributed by atoms with Gasteiger partial charge in [0.1, 0.15) is 17.6 Å². The van der Waals surface area contributed by atoms with Crippen LogP contribution in [0, 0.1) is 10.1 Å². The molecule has 0 atom stereocenters. The number of benzene rings is 1. The summed E-state index contributed by atoms with van der Waals surface area (Å²) in [5.41, 5.74) is 0.810. The highest BCUT2D eigenvalue weighted by Gasteiger charge is 2.32. The summed E-state index contributed by atoms with van der Waals surface area (Å²) in [5, 5.41) is 13.2. The molecule has 0 bridgehead atoms. The number of hydrogen-bond donors (Lipinski definition) is 1. The van der Waals surface area contributed by atoms with E-state index in [1.165, 1.54) is 17.0 Å². The highest BCUT2D eigenvalue weighted by Crippen LogP contribution is 2.22. The summed E-state index contributed by atoms with van der Waals surface area (Å²) in [6, 6.07) is 9.06. The van der Waals surface area contributed by atoms with E-state index < -0.39 is 11.0 Å². The van der Waals surface area contributed by atoms with Crippen molar-refractivity contribution in [2.24, 2.45) is 0 Å². The Morgan fingerprint density at radius 3 is 2.56 bits per heavy atom. The first-order valence-corrected chi connectivity index (χ1v) is 8.21. The van der Waals surface area contributed by atoms with Gasteiger partial charge in [0, 0.05) is 18.7 Å². The Morgan fingerprint density at radius 1 is 1.22 bits per heavy atom. The lowest BCUT2D eigenvalue weighted by atomic mass is 10.2. The first-order valence-electron chi connectivity index (χ1n) is 8.21. The number of carbonyl (C=O) groups excluding carboxylic acids is 2. The van der Waals surface area contributed by atoms with E-state index in [0.29, 0.717) is 24.3 Å². The zero-order valence-electron chi connectivity index (χ0n) is 14.4. The van der Waals surface area contributed by atoms with Gasteiger partial charge < -0.3 is 10.1 Å². The van der Waals surface area contributed by atoms with Crippen molar-refractivity contribution in [2.75, 3.05) is 6.54 Å². The maximum Gasteiger partial charge on any atom is 0.329 e. The predicted octanol–water partition coefficient (Wildman–Crippen LogP) is 3.08. The fraction of sp³-hybridized carbons (Fsp3) is 0.167. The van der Waals surface area contributed by atoms with Gasteiger partial charge in [-0.15, -0.1) is 0 Å². The molecule has 0 saturated carbocycles. The van der Waals surface area contributed by atoms with Crippen molar-refractivity contribution in [2.45, 2.75) is 13.3 Å². The van der Waals surface area contributed by atoms with E-state index in [-0.39, 0.29) is 23.2 Å². The van der Waals surface area contributed by atoms with Gasteiger partial charge in [-0.25, -0.2) is 9.78 Å². The molecule has 9 heteroatoms. The van der Waals surface area contributed by atoms with Crippen LogP contribution >= 0.6 is 0 Å². The molecule has 138 valence electrons. The average molecular weight is 368 g/mol. The van der Waals surface area contributed by atoms with Crippen LogP contribution in [0.2, 0.25) is 0 Å². The molecule has 2 aromatic rings. The Labute approximate surface area is 154 Å². The minimum absolute atomic E-state index is 0.121. The molecular formula is C18H16N4O5. The topological polar surface area (TPSA) is 115 Å². The van der Waals surface area contributed by atoms with E-state index in [0.717, 1.165) is 6.20 Å². The zero-order chi connectivity index (χ0) is 19.4. The number of carbonyl (C=O) groups is 2. The highest BCUT2D eigenvalue weighted by atomic mass is 16.6. The van der Waals surface area contributed by atoms with Crippen molar-refractivity contribution < 1.29 is 19.2 Å². The number of aromatic nitrogens is 1. The smallest absolute Gasteiger partial charge is 0.329 e. The summed E-state index contributed by atoms with van der Waals surface area (Å²) in [5.74, 6) is 0.352. The summed E-state index contributed by atoms with van der Waals surface area (Å²) >= 11 is 0. The van der Waals surface area contributed by atoms with Crippen molar-refractivity contribution in [3.05, 3.63) is 64.0 Å². The molecule has 27 heavy (non-hydrogen) atoms. The van der Waals surface area contributed by atoms with E-state index in [1.807, 2.05) is 6.92 Å². The van der Waals surface area contributed by atoms with Gasteiger partial charge in [0.2, 0.25) is 5.88 Å². The van der Waals surface area contributed by atoms with E-state index >= 15 is 0 Å². The average Bonchev–Trinajstić information content (AvgIpc) is 2.91. The Balaban J connectivity index is 1.69. The largest absolute Gasteiger partial charge is 0.439 e. The number of pyridine rings is 1. The summed E-state index contributed by atoms with van der Waals surface area (Å²) < 4.78 is 5.53. The van der Waals surface area contributed by atoms with E-state index in [1.54, 1.807) is 30.3 Å². The van der Waals surface area contributed by atoms with Crippen molar-refractivity contribution >= 4 is 23.7 Å². The molecule has 1 aliphatic rings. The summed E-state index contributed by atoms with van der Waals surface area (Å²) in [4.78, 5) is 39.1. The third-order valence-corrected chi connectivity index (χ3v) is 3.75. The number of nitrogens with one attached hydrogen (secondary N) is 1. The van der Waals surface area contributed by atoms with E-state index in [2.05, 4.69) is 10.3 Å². The molecule has 1 aliphatic heterocycles. The van der Waals surface area contributed by atoms with Crippen LogP contribution < -0.4 is 10.1 Å². The third kappa shape index (κ3) is 4.09. The summed E-state index contributed by atoms with van der Waals surface area (Å²) in [6.07, 6.45) is 3.39. The normalized spacial score (nSPS) is 15.1. The van der Waals surface area contributed by atoms with Crippen LogP contribution in [-0.4, -0.2) is 33.3 Å². The maximum absolute atomic E-state index is 12.2. The number of hydrogen-bond acceptors (Lipinski definition) is 6. The van der Waals surface area contributed by atoms with Gasteiger partial charge in [0.15, 0.2) is 0 Å². The second-order valence-corrected chi connectivity index (χ2v) is 5.73. The monoisotopic (exact) mass is 368 g/mol. The van der Waals surface area contributed by atoms with Gasteiger partial charge in [-0.1, -0.05) is 19.1 Å². The maximum atomic E-state index is 12.2. The van der Waals surface area contributed by atoms with Crippen LogP contribution in [0.25, 0.3) is 6.08 Å². The Hall–Kier alpha value is -3.75. The lowest BCUT2D eigenvalue weighted by Gasteiger charge is -2.08. The Bertz CT molecular complexity index is 906. The number of ether oxygens (including phenoxy) is 1. The molecule has 1 aromatic carbocycles. The Morgan fingerprint density at radius 2 is 1.96 bits per heavy atom. The van der Waals surface area contributed by atoms with Crippen LogP contribution in [0.1, 0.15) is 18.9 Å². The molecule has 1 N–H and O–H groups in total. The molecule has 0 radical (unpaired) electrons. The van der Waals surface area contributed by atoms with E-state index in [9.17, 15) is 19.7 Å². The first-order chi connectivity index (χ1) is 13.0. The number of urea groups is 1. The molecule has 1 saturated heterocycles. The number of imide groups is 1. The number of amides is 3. The van der Waals surface area contributed by atoms with Crippen LogP contribution in [0.3, 0.4) is 0 Å². The van der Waals surface area contributed by atoms with Crippen molar-refractivity contribution in [1.29, 1.82) is 0 Å². The van der Waals surface area contributed by atoms with Gasteiger partial charge in [0.25, 0.3) is 11.6 Å². The minimum Gasteiger partial charge on any atom is -0.439 e. The minimum atomic E-state index is -0.538. The number of nitrogens with zero attached hydrogens (tertiary/aromatic N) is 3. The van der Waals surface area contributed by atoms with Crippen molar-refractivity contribution in [3.63, 3.8) is 0 Å². The molecular weight excluding hydrogens is 352 g/mol. The molecule has 0 aliphatic carbocycles. The highest BCUT2D eigenvalue weighted by molar-refractivity contribution is 6.13. The Kier molecular flexibility index (Phi) is 5.11. The summed E-state index contributed by atoms with van der Waals surface area (Å²) in [7, 11) is 0. The lowest BCUT2D eigenvalue weighted by Crippen LogP contribution is -2.31. The fourth-order valence-corrected chi connectivity index (χ4v) is 2.46. The number of rotatable bonds is 6. The molecule has 1 aromatic heterocycles. The standard InChI is InChI=1S/C18H16N4O5/c1-2-9-21-17(23)15(20-18(21)24)10-12-3-6-14(7-4-12)27-16-8-5-13(11-19-16)22(25)26/h3-8,10-11H,2,9H2,1H3,(H,20,24)/b15-10+. The molecule has 3 amide bonds. The molecule has 0 unspecified atom stereocenters. The van der Waals surface area contributed by atoms with Gasteiger partial charge in [-0.05, 0) is 30.2 Å². The second kappa shape index (κ2) is 7.65. The third-order valence-electron chi connectivity index (χ3n) is 3.75. The van der Waals surface area contributed by atoms with Gasteiger partial charge >= 0.3 is 6.03 Å². The first kappa shape index (κ1) is 18.1.